The lowest BCUT2D eigenvalue weighted by atomic mass is 10.1. The van der Waals surface area contributed by atoms with Crippen molar-refractivity contribution in [2.24, 2.45) is 5.92 Å². The number of aliphatic carboxylic acids is 1. The molecule has 234 valence electrons. The first kappa shape index (κ1) is 33.1. The summed E-state index contributed by atoms with van der Waals surface area (Å²) in [4.78, 5) is 70.5. The monoisotopic (exact) mass is 600 g/mol. The van der Waals surface area contributed by atoms with E-state index in [0.717, 1.165) is 5.56 Å². The summed E-state index contributed by atoms with van der Waals surface area (Å²) in [5.41, 5.74) is 1.25. The number of fused-ring (bicyclic) bond motifs is 1. The molecule has 2 atom stereocenters. The van der Waals surface area contributed by atoms with Gasteiger partial charge in [-0.05, 0) is 44.9 Å². The van der Waals surface area contributed by atoms with Crippen LogP contribution in [0.15, 0.2) is 24.3 Å². The van der Waals surface area contributed by atoms with Gasteiger partial charge < -0.3 is 34.4 Å². The van der Waals surface area contributed by atoms with Crippen LogP contribution in [0.4, 0.5) is 4.79 Å². The molecule has 2 N–H and O–H groups in total. The van der Waals surface area contributed by atoms with Crippen LogP contribution in [0.2, 0.25) is 0 Å². The molecule has 0 bridgehead atoms. The van der Waals surface area contributed by atoms with Gasteiger partial charge in [0.25, 0.3) is 5.91 Å². The van der Waals surface area contributed by atoms with Gasteiger partial charge in [-0.2, -0.15) is 0 Å². The van der Waals surface area contributed by atoms with Crippen molar-refractivity contribution in [3.63, 3.8) is 0 Å². The molecule has 3 rings (SSSR count). The van der Waals surface area contributed by atoms with Gasteiger partial charge in [0.2, 0.25) is 5.91 Å². The molecule has 0 saturated carbocycles. The van der Waals surface area contributed by atoms with Crippen LogP contribution in [-0.4, -0.2) is 101 Å². The van der Waals surface area contributed by atoms with Crippen LogP contribution >= 0.6 is 0 Å². The summed E-state index contributed by atoms with van der Waals surface area (Å²) >= 11 is 0. The van der Waals surface area contributed by atoms with Crippen molar-refractivity contribution in [2.45, 2.75) is 59.6 Å². The van der Waals surface area contributed by atoms with E-state index in [-0.39, 0.29) is 69.6 Å². The first-order valence-electron chi connectivity index (χ1n) is 14.4. The number of aromatic nitrogens is 1. The molecule has 1 aromatic carbocycles. The second-order valence-corrected chi connectivity index (χ2v) is 10.5. The molecule has 0 spiro atoms. The average molecular weight is 601 g/mol. The highest BCUT2D eigenvalue weighted by atomic mass is 16.6. The molecule has 1 aliphatic rings. The topological polar surface area (TPSA) is 165 Å². The third kappa shape index (κ3) is 8.79. The van der Waals surface area contributed by atoms with Crippen LogP contribution in [0.3, 0.4) is 0 Å². The van der Waals surface area contributed by atoms with E-state index in [4.69, 9.17) is 14.2 Å². The zero-order chi connectivity index (χ0) is 31.7. The third-order valence-corrected chi connectivity index (χ3v) is 6.91. The number of rotatable bonds is 12. The van der Waals surface area contributed by atoms with E-state index in [0.29, 0.717) is 10.9 Å². The molecule has 13 nitrogen and oxygen atoms in total. The Morgan fingerprint density at radius 3 is 2.23 bits per heavy atom. The van der Waals surface area contributed by atoms with Gasteiger partial charge in [-0.1, -0.05) is 19.9 Å². The quantitative estimate of drug-likeness (QED) is 0.346. The maximum Gasteiger partial charge on any atom is 0.409 e. The summed E-state index contributed by atoms with van der Waals surface area (Å²) in [5, 5.41) is 12.5. The maximum atomic E-state index is 13.5. The number of hydrogen-bond acceptors (Lipinski definition) is 9. The first-order chi connectivity index (χ1) is 20.4. The molecule has 2 aromatic rings. The number of esters is 1. The highest BCUT2D eigenvalue weighted by Gasteiger charge is 2.32. The van der Waals surface area contributed by atoms with E-state index in [9.17, 15) is 29.1 Å². The fraction of sp³-hybridized carbons (Fsp3) is 0.533. The zero-order valence-corrected chi connectivity index (χ0v) is 25.3. The number of carbonyl (C=O) groups is 5. The molecule has 43 heavy (non-hydrogen) atoms. The largest absolute Gasteiger partial charge is 0.481 e. The summed E-state index contributed by atoms with van der Waals surface area (Å²) < 4.78 is 16.3. The van der Waals surface area contributed by atoms with Crippen molar-refractivity contribution in [3.05, 3.63) is 35.5 Å². The summed E-state index contributed by atoms with van der Waals surface area (Å²) in [6.45, 7) is 10.2. The average Bonchev–Trinajstić information content (AvgIpc) is 2.97. The van der Waals surface area contributed by atoms with E-state index >= 15 is 0 Å². The number of carbonyl (C=O) groups excluding carboxylic acids is 4. The highest BCUT2D eigenvalue weighted by Crippen LogP contribution is 2.29. The maximum absolute atomic E-state index is 13.5. The molecule has 1 saturated heterocycles. The molecule has 0 aliphatic carbocycles. The Bertz CT molecular complexity index is 1340. The molecule has 2 heterocycles. The Hall–Kier alpha value is -4.42. The minimum atomic E-state index is -1.15. The first-order valence-corrected chi connectivity index (χ1v) is 14.4. The molecule has 1 aliphatic heterocycles. The lowest BCUT2D eigenvalue weighted by Gasteiger charge is -2.35. The Labute approximate surface area is 250 Å². The Morgan fingerprint density at radius 2 is 1.63 bits per heavy atom. The Balaban J connectivity index is 1.88. The highest BCUT2D eigenvalue weighted by molar-refractivity contribution is 5.99. The van der Waals surface area contributed by atoms with Gasteiger partial charge >= 0.3 is 18.0 Å². The number of aryl methyl sites for hydroxylation is 1. The van der Waals surface area contributed by atoms with Gasteiger partial charge in [0, 0.05) is 50.0 Å². The van der Waals surface area contributed by atoms with Gasteiger partial charge in [-0.3, -0.25) is 14.4 Å². The van der Waals surface area contributed by atoms with Gasteiger partial charge in [0.05, 0.1) is 18.7 Å². The summed E-state index contributed by atoms with van der Waals surface area (Å²) in [6.07, 6.45) is -1.91. The van der Waals surface area contributed by atoms with Crippen molar-refractivity contribution >= 4 is 40.7 Å². The van der Waals surface area contributed by atoms with Gasteiger partial charge in [-0.15, -0.1) is 0 Å². The molecule has 2 unspecified atom stereocenters. The van der Waals surface area contributed by atoms with Crippen LogP contribution < -0.4 is 10.1 Å². The molecule has 1 aromatic heterocycles. The SMILES string of the molecule is CCOC(=O)C(Oc1cc(C(=O)NC(CCC(=O)O)C(=O)N2CCN(C(=O)OCC)CC2)nc2cc(C)ccc12)C(C)C. The van der Waals surface area contributed by atoms with E-state index in [2.05, 4.69) is 10.3 Å². The van der Waals surface area contributed by atoms with Gasteiger partial charge in [0.15, 0.2) is 6.10 Å². The molecular weight excluding hydrogens is 560 g/mol. The van der Waals surface area contributed by atoms with E-state index in [1.807, 2.05) is 26.8 Å². The Morgan fingerprint density at radius 1 is 0.977 bits per heavy atom. The number of nitrogens with one attached hydrogen (secondary N) is 1. The number of carboxylic acid groups (broad SMARTS) is 1. The van der Waals surface area contributed by atoms with Crippen LogP contribution in [0.5, 0.6) is 5.75 Å². The number of pyridine rings is 1. The van der Waals surface area contributed by atoms with E-state index in [1.165, 1.54) is 15.9 Å². The van der Waals surface area contributed by atoms with Crippen molar-refractivity contribution in [1.29, 1.82) is 0 Å². The fourth-order valence-electron chi connectivity index (χ4n) is 4.64. The lowest BCUT2D eigenvalue weighted by Crippen LogP contribution is -2.56. The van der Waals surface area contributed by atoms with Crippen LogP contribution in [0.25, 0.3) is 10.9 Å². The van der Waals surface area contributed by atoms with Crippen LogP contribution in [0, 0.1) is 12.8 Å². The number of benzene rings is 1. The number of ether oxygens (including phenoxy) is 3. The van der Waals surface area contributed by atoms with E-state index < -0.39 is 42.0 Å². The third-order valence-electron chi connectivity index (χ3n) is 6.91. The number of piperazine rings is 1. The second-order valence-electron chi connectivity index (χ2n) is 10.5. The van der Waals surface area contributed by atoms with Gasteiger partial charge in [0.1, 0.15) is 17.5 Å². The van der Waals surface area contributed by atoms with E-state index in [1.54, 1.807) is 26.0 Å². The molecular formula is C30H40N4O9. The lowest BCUT2D eigenvalue weighted by molar-refractivity contribution is -0.153. The number of carboxylic acids is 1. The Kier molecular flexibility index (Phi) is 11.7. The van der Waals surface area contributed by atoms with Gasteiger partial charge in [-0.25, -0.2) is 14.6 Å². The molecule has 3 amide bonds. The van der Waals surface area contributed by atoms with Crippen molar-refractivity contribution in [1.82, 2.24) is 20.1 Å². The predicted octanol–water partition coefficient (Wildman–Crippen LogP) is 2.77. The standard InChI is InChI=1S/C30H40N4O9/c1-6-41-29(39)26(18(3)4)43-24-17-23(31-22-16-19(5)8-9-20(22)24)27(37)32-21(10-11-25(35)36)28(38)33-12-14-34(15-13-33)30(40)42-7-2/h8-9,16-18,21,26H,6-7,10-15H2,1-5H3,(H,32,37)(H,35,36). The van der Waals surface area contributed by atoms with Crippen molar-refractivity contribution < 1.29 is 43.3 Å². The minimum absolute atomic E-state index is 0.0697. The fourth-order valence-corrected chi connectivity index (χ4v) is 4.64. The predicted molar refractivity (Wildman–Crippen MR) is 156 cm³/mol. The molecule has 0 radical (unpaired) electrons. The summed E-state index contributed by atoms with van der Waals surface area (Å²) in [7, 11) is 0. The van der Waals surface area contributed by atoms with Crippen molar-refractivity contribution in [3.8, 4) is 5.75 Å². The summed E-state index contributed by atoms with van der Waals surface area (Å²) in [6, 6.07) is 5.66. The number of amides is 3. The van der Waals surface area contributed by atoms with Crippen LogP contribution in [-0.2, 0) is 23.9 Å². The molecule has 13 heteroatoms. The van der Waals surface area contributed by atoms with Crippen molar-refractivity contribution in [2.75, 3.05) is 39.4 Å². The molecule has 1 fully saturated rings. The van der Waals surface area contributed by atoms with Crippen LogP contribution in [0.1, 0.15) is 56.6 Å². The number of nitrogens with zero attached hydrogens (tertiary/aromatic N) is 3. The number of hydrogen-bond donors (Lipinski definition) is 2. The smallest absolute Gasteiger partial charge is 0.409 e. The second kappa shape index (κ2) is 15.2. The summed E-state index contributed by atoms with van der Waals surface area (Å²) in [5.74, 6) is -2.83. The zero-order valence-electron chi connectivity index (χ0n) is 25.3. The minimum Gasteiger partial charge on any atom is -0.481 e. The normalized spacial score (nSPS) is 14.7.